The Hall–Kier alpha value is -1.85. The third-order valence-electron chi connectivity index (χ3n) is 2.56. The zero-order valence-corrected chi connectivity index (χ0v) is 10.8. The van der Waals surface area contributed by atoms with E-state index in [0.717, 1.165) is 19.4 Å². The van der Waals surface area contributed by atoms with Crippen LogP contribution in [0.5, 0.6) is 0 Å². The van der Waals surface area contributed by atoms with E-state index in [4.69, 9.17) is 5.73 Å². The van der Waals surface area contributed by atoms with Gasteiger partial charge in [-0.25, -0.2) is 4.98 Å². The Morgan fingerprint density at radius 3 is 2.78 bits per heavy atom. The number of aromatic nitrogens is 1. The van der Waals surface area contributed by atoms with Crippen molar-refractivity contribution >= 4 is 17.3 Å². The number of hydrogen-bond donors (Lipinski definition) is 2. The summed E-state index contributed by atoms with van der Waals surface area (Å²) < 4.78 is 0. The maximum Gasteiger partial charge on any atom is 0.276 e. The van der Waals surface area contributed by atoms with Crippen LogP contribution in [0.4, 0.5) is 17.3 Å². The molecule has 6 heteroatoms. The van der Waals surface area contributed by atoms with E-state index < -0.39 is 4.92 Å². The number of hydrogen-bond acceptors (Lipinski definition) is 5. The van der Waals surface area contributed by atoms with Gasteiger partial charge in [-0.2, -0.15) is 0 Å². The number of nitrogen functional groups attached to an aromatic ring is 1. The molecule has 0 unspecified atom stereocenters. The second-order valence-corrected chi connectivity index (χ2v) is 4.71. The molecule has 0 radical (unpaired) electrons. The normalized spacial score (nSPS) is 10.6. The van der Waals surface area contributed by atoms with Crippen molar-refractivity contribution in [2.24, 2.45) is 5.92 Å². The van der Waals surface area contributed by atoms with Gasteiger partial charge in [0, 0.05) is 6.54 Å². The average molecular weight is 252 g/mol. The van der Waals surface area contributed by atoms with E-state index in [2.05, 4.69) is 24.1 Å². The highest BCUT2D eigenvalue weighted by Gasteiger charge is 2.09. The van der Waals surface area contributed by atoms with Crippen LogP contribution in [0.1, 0.15) is 33.1 Å². The summed E-state index contributed by atoms with van der Waals surface area (Å²) in [7, 11) is 0. The smallest absolute Gasteiger partial charge is 0.276 e. The quantitative estimate of drug-likeness (QED) is 0.442. The summed E-state index contributed by atoms with van der Waals surface area (Å²) in [5.74, 6) is 1.33. The number of nitro groups is 1. The third-order valence-corrected chi connectivity index (χ3v) is 2.56. The van der Waals surface area contributed by atoms with Crippen LogP contribution in [0.15, 0.2) is 12.1 Å². The Balaban J connectivity index is 2.44. The highest BCUT2D eigenvalue weighted by atomic mass is 16.6. The molecule has 0 saturated carbocycles. The number of pyridine rings is 1. The van der Waals surface area contributed by atoms with E-state index in [-0.39, 0.29) is 11.5 Å². The van der Waals surface area contributed by atoms with E-state index in [1.165, 1.54) is 18.6 Å². The van der Waals surface area contributed by atoms with Crippen molar-refractivity contribution < 1.29 is 4.92 Å². The first kappa shape index (κ1) is 14.2. The molecule has 6 nitrogen and oxygen atoms in total. The molecule has 3 N–H and O–H groups in total. The standard InChI is InChI=1S/C12H20N4O2/c1-9(2)5-3-4-6-14-12-8-10(16(17)18)7-11(13)15-12/h7-9H,3-6H2,1-2H3,(H3,13,14,15). The van der Waals surface area contributed by atoms with Crippen molar-refractivity contribution in [1.29, 1.82) is 0 Å². The molecule has 18 heavy (non-hydrogen) atoms. The molecular formula is C12H20N4O2. The van der Waals surface area contributed by atoms with Crippen molar-refractivity contribution in [2.75, 3.05) is 17.6 Å². The van der Waals surface area contributed by atoms with E-state index in [0.29, 0.717) is 11.7 Å². The Labute approximate surface area is 107 Å². The van der Waals surface area contributed by atoms with Gasteiger partial charge in [0.15, 0.2) is 0 Å². The fourth-order valence-electron chi connectivity index (χ4n) is 1.63. The highest BCUT2D eigenvalue weighted by Crippen LogP contribution is 2.18. The molecule has 0 aliphatic heterocycles. The fraction of sp³-hybridized carbons (Fsp3) is 0.583. The average Bonchev–Trinajstić information content (AvgIpc) is 2.27. The van der Waals surface area contributed by atoms with Crippen LogP contribution < -0.4 is 11.1 Å². The first-order chi connectivity index (χ1) is 8.49. The van der Waals surface area contributed by atoms with Crippen molar-refractivity contribution in [3.8, 4) is 0 Å². The predicted octanol–water partition coefficient (Wildman–Crippen LogP) is 2.81. The van der Waals surface area contributed by atoms with Gasteiger partial charge in [-0.05, 0) is 12.3 Å². The van der Waals surface area contributed by atoms with Gasteiger partial charge in [-0.15, -0.1) is 0 Å². The van der Waals surface area contributed by atoms with Crippen LogP contribution in [-0.4, -0.2) is 16.5 Å². The summed E-state index contributed by atoms with van der Waals surface area (Å²) in [5.41, 5.74) is 5.48. The van der Waals surface area contributed by atoms with Crippen molar-refractivity contribution in [2.45, 2.75) is 33.1 Å². The molecule has 0 amide bonds. The largest absolute Gasteiger partial charge is 0.383 e. The molecule has 1 rings (SSSR count). The minimum atomic E-state index is -0.470. The van der Waals surface area contributed by atoms with Gasteiger partial charge in [0.1, 0.15) is 11.6 Å². The van der Waals surface area contributed by atoms with E-state index in [1.54, 1.807) is 0 Å². The SMILES string of the molecule is CC(C)CCCCNc1cc([N+](=O)[O-])cc(N)n1. The van der Waals surface area contributed by atoms with Crippen LogP contribution >= 0.6 is 0 Å². The van der Waals surface area contributed by atoms with Gasteiger partial charge in [-0.1, -0.05) is 26.7 Å². The minimum absolute atomic E-state index is 0.0350. The van der Waals surface area contributed by atoms with E-state index in [1.807, 2.05) is 0 Å². The van der Waals surface area contributed by atoms with Gasteiger partial charge >= 0.3 is 0 Å². The number of anilines is 2. The predicted molar refractivity (Wildman–Crippen MR) is 72.5 cm³/mol. The Bertz CT molecular complexity index is 407. The summed E-state index contributed by atoms with van der Waals surface area (Å²) in [5, 5.41) is 13.7. The minimum Gasteiger partial charge on any atom is -0.383 e. The number of nitrogens with one attached hydrogen (secondary N) is 1. The zero-order chi connectivity index (χ0) is 13.5. The lowest BCUT2D eigenvalue weighted by Crippen LogP contribution is -2.06. The van der Waals surface area contributed by atoms with Crippen LogP contribution in [0, 0.1) is 16.0 Å². The number of nitrogens with two attached hydrogens (primary N) is 1. The summed E-state index contributed by atoms with van der Waals surface area (Å²) in [4.78, 5) is 14.2. The molecule has 0 atom stereocenters. The second-order valence-electron chi connectivity index (χ2n) is 4.71. The van der Waals surface area contributed by atoms with Crippen LogP contribution in [-0.2, 0) is 0 Å². The molecule has 100 valence electrons. The van der Waals surface area contributed by atoms with Crippen LogP contribution in [0.25, 0.3) is 0 Å². The zero-order valence-electron chi connectivity index (χ0n) is 10.8. The Morgan fingerprint density at radius 1 is 1.44 bits per heavy atom. The van der Waals surface area contributed by atoms with Gasteiger partial charge in [0.25, 0.3) is 5.69 Å². The molecule has 0 aliphatic carbocycles. The first-order valence-corrected chi connectivity index (χ1v) is 6.15. The lowest BCUT2D eigenvalue weighted by Gasteiger charge is -2.07. The van der Waals surface area contributed by atoms with Crippen molar-refractivity contribution in [1.82, 2.24) is 4.98 Å². The monoisotopic (exact) mass is 252 g/mol. The van der Waals surface area contributed by atoms with Gasteiger partial charge in [0.2, 0.25) is 0 Å². The van der Waals surface area contributed by atoms with Crippen molar-refractivity contribution in [3.05, 3.63) is 22.2 Å². The molecular weight excluding hydrogens is 232 g/mol. The molecule has 1 aromatic rings. The molecule has 1 heterocycles. The lowest BCUT2D eigenvalue weighted by molar-refractivity contribution is -0.384. The maximum absolute atomic E-state index is 10.7. The molecule has 0 saturated heterocycles. The molecule has 0 fully saturated rings. The number of unbranched alkanes of at least 4 members (excludes halogenated alkanes) is 1. The van der Waals surface area contributed by atoms with E-state index in [9.17, 15) is 10.1 Å². The summed E-state index contributed by atoms with van der Waals surface area (Å²) >= 11 is 0. The Kier molecular flexibility index (Phi) is 5.35. The lowest BCUT2D eigenvalue weighted by atomic mass is 10.1. The molecule has 0 aromatic carbocycles. The summed E-state index contributed by atoms with van der Waals surface area (Å²) in [6, 6.07) is 2.66. The maximum atomic E-state index is 10.7. The van der Waals surface area contributed by atoms with Gasteiger partial charge < -0.3 is 11.1 Å². The van der Waals surface area contributed by atoms with E-state index >= 15 is 0 Å². The van der Waals surface area contributed by atoms with Crippen LogP contribution in [0.3, 0.4) is 0 Å². The fourth-order valence-corrected chi connectivity index (χ4v) is 1.63. The van der Waals surface area contributed by atoms with Gasteiger partial charge in [0.05, 0.1) is 17.1 Å². The van der Waals surface area contributed by atoms with Gasteiger partial charge in [-0.3, -0.25) is 10.1 Å². The van der Waals surface area contributed by atoms with Crippen molar-refractivity contribution in [3.63, 3.8) is 0 Å². The summed E-state index contributed by atoms with van der Waals surface area (Å²) in [6.45, 7) is 5.13. The number of rotatable bonds is 7. The van der Waals surface area contributed by atoms with Crippen LogP contribution in [0.2, 0.25) is 0 Å². The summed E-state index contributed by atoms with van der Waals surface area (Å²) in [6.07, 6.45) is 3.34. The molecule has 0 aliphatic rings. The first-order valence-electron chi connectivity index (χ1n) is 6.15. The Morgan fingerprint density at radius 2 is 2.17 bits per heavy atom. The molecule has 0 bridgehead atoms. The highest BCUT2D eigenvalue weighted by molar-refractivity contribution is 5.52. The third kappa shape index (κ3) is 4.99. The molecule has 1 aromatic heterocycles. The topological polar surface area (TPSA) is 94.1 Å². The second kappa shape index (κ2) is 6.78. The molecule has 0 spiro atoms. The number of nitrogens with zero attached hydrogens (tertiary/aromatic N) is 2.